The number of hydrogen-bond donors (Lipinski definition) is 0. The lowest BCUT2D eigenvalue weighted by atomic mass is 9.81. The first-order valence-corrected chi connectivity index (χ1v) is 6.55. The van der Waals surface area contributed by atoms with Gasteiger partial charge in [0, 0.05) is 18.5 Å². The second-order valence-corrected chi connectivity index (χ2v) is 4.63. The van der Waals surface area contributed by atoms with E-state index < -0.39 is 0 Å². The highest BCUT2D eigenvalue weighted by Crippen LogP contribution is 2.35. The predicted octanol–water partition coefficient (Wildman–Crippen LogP) is 3.23. The lowest BCUT2D eigenvalue weighted by Crippen LogP contribution is -2.09. The van der Waals surface area contributed by atoms with Crippen molar-refractivity contribution in [1.82, 2.24) is 4.98 Å². The fourth-order valence-electron chi connectivity index (χ4n) is 2.50. The minimum absolute atomic E-state index is 0.206. The first-order chi connectivity index (χ1) is 8.79. The second kappa shape index (κ2) is 6.34. The summed E-state index contributed by atoms with van der Waals surface area (Å²) in [5.74, 6) is 0.310. The summed E-state index contributed by atoms with van der Waals surface area (Å²) in [5, 5.41) is 0. The number of carbonyl (C=O) groups excluding carboxylic acids is 1. The molecule has 0 unspecified atom stereocenters. The van der Waals surface area contributed by atoms with Gasteiger partial charge in [-0.3, -0.25) is 4.98 Å². The molecule has 96 valence electrons. The van der Waals surface area contributed by atoms with Crippen LogP contribution in [0.15, 0.2) is 36.2 Å². The SMILES string of the molecule is CCOC(=O)/C=C1\CCC[C@@H](c2ccncc2)C1. The summed E-state index contributed by atoms with van der Waals surface area (Å²) in [7, 11) is 0. The van der Waals surface area contributed by atoms with Gasteiger partial charge in [0.25, 0.3) is 0 Å². The Kier molecular flexibility index (Phi) is 4.51. The first-order valence-electron chi connectivity index (χ1n) is 6.55. The molecule has 3 nitrogen and oxygen atoms in total. The number of nitrogens with zero attached hydrogens (tertiary/aromatic N) is 1. The minimum atomic E-state index is -0.206. The number of carbonyl (C=O) groups is 1. The molecule has 1 aliphatic carbocycles. The van der Waals surface area contributed by atoms with Crippen molar-refractivity contribution in [3.05, 3.63) is 41.7 Å². The number of aromatic nitrogens is 1. The van der Waals surface area contributed by atoms with Crippen LogP contribution in [0.2, 0.25) is 0 Å². The summed E-state index contributed by atoms with van der Waals surface area (Å²) in [5.41, 5.74) is 2.53. The topological polar surface area (TPSA) is 39.2 Å². The highest BCUT2D eigenvalue weighted by Gasteiger charge is 2.19. The van der Waals surface area contributed by atoms with E-state index in [9.17, 15) is 4.79 Å². The Bertz CT molecular complexity index is 425. The maximum absolute atomic E-state index is 11.4. The van der Waals surface area contributed by atoms with Crippen LogP contribution < -0.4 is 0 Å². The molecule has 0 spiro atoms. The van der Waals surface area contributed by atoms with Gasteiger partial charge in [-0.25, -0.2) is 4.79 Å². The van der Waals surface area contributed by atoms with Crippen LogP contribution in [-0.2, 0) is 9.53 Å². The predicted molar refractivity (Wildman–Crippen MR) is 70.2 cm³/mol. The molecule has 0 bridgehead atoms. The van der Waals surface area contributed by atoms with Gasteiger partial charge in [-0.1, -0.05) is 5.57 Å². The standard InChI is InChI=1S/C15H19NO2/c1-2-18-15(17)11-12-4-3-5-14(10-12)13-6-8-16-9-7-13/h6-9,11,14H,2-5,10H2,1H3/b12-11+/t14-/m1/s1. The van der Waals surface area contributed by atoms with E-state index >= 15 is 0 Å². The van der Waals surface area contributed by atoms with Crippen LogP contribution in [0, 0.1) is 0 Å². The molecule has 0 aliphatic heterocycles. The highest BCUT2D eigenvalue weighted by atomic mass is 16.5. The van der Waals surface area contributed by atoms with E-state index in [1.165, 1.54) is 17.6 Å². The molecule has 1 aromatic rings. The van der Waals surface area contributed by atoms with Crippen molar-refractivity contribution in [2.45, 2.75) is 38.5 Å². The van der Waals surface area contributed by atoms with E-state index in [4.69, 9.17) is 4.74 Å². The van der Waals surface area contributed by atoms with Crippen LogP contribution >= 0.6 is 0 Å². The quantitative estimate of drug-likeness (QED) is 0.606. The van der Waals surface area contributed by atoms with Gasteiger partial charge < -0.3 is 4.74 Å². The lowest BCUT2D eigenvalue weighted by Gasteiger charge is -2.24. The Morgan fingerprint density at radius 2 is 2.28 bits per heavy atom. The van der Waals surface area contributed by atoms with Crippen molar-refractivity contribution >= 4 is 5.97 Å². The molecule has 0 amide bonds. The average molecular weight is 245 g/mol. The number of hydrogen-bond acceptors (Lipinski definition) is 3. The molecule has 1 fully saturated rings. The third-order valence-corrected chi connectivity index (χ3v) is 3.35. The van der Waals surface area contributed by atoms with E-state index in [1.807, 2.05) is 19.3 Å². The monoisotopic (exact) mass is 245 g/mol. The molecule has 18 heavy (non-hydrogen) atoms. The summed E-state index contributed by atoms with van der Waals surface area (Å²) in [6.45, 7) is 2.27. The average Bonchev–Trinajstić information content (AvgIpc) is 2.40. The third kappa shape index (κ3) is 3.42. The zero-order chi connectivity index (χ0) is 12.8. The van der Waals surface area contributed by atoms with Gasteiger partial charge in [0.05, 0.1) is 6.61 Å². The molecule has 1 aromatic heterocycles. The molecular formula is C15H19NO2. The molecule has 1 aliphatic rings. The van der Waals surface area contributed by atoms with Crippen molar-refractivity contribution in [3.63, 3.8) is 0 Å². The Labute approximate surface area is 108 Å². The largest absolute Gasteiger partial charge is 0.463 e. The molecule has 0 saturated heterocycles. The van der Waals surface area contributed by atoms with Gasteiger partial charge in [-0.15, -0.1) is 0 Å². The Morgan fingerprint density at radius 1 is 1.50 bits per heavy atom. The normalized spacial score (nSPS) is 21.8. The molecule has 2 rings (SSSR count). The van der Waals surface area contributed by atoms with Gasteiger partial charge in [0.2, 0.25) is 0 Å². The zero-order valence-electron chi connectivity index (χ0n) is 10.8. The van der Waals surface area contributed by atoms with Crippen LogP contribution in [0.25, 0.3) is 0 Å². The van der Waals surface area contributed by atoms with Crippen LogP contribution in [0.1, 0.15) is 44.1 Å². The van der Waals surface area contributed by atoms with Gasteiger partial charge >= 0.3 is 5.97 Å². The molecule has 3 heteroatoms. The summed E-state index contributed by atoms with van der Waals surface area (Å²) < 4.78 is 4.96. The summed E-state index contributed by atoms with van der Waals surface area (Å²) in [6, 6.07) is 4.13. The summed E-state index contributed by atoms with van der Waals surface area (Å²) in [6.07, 6.45) is 9.64. The number of esters is 1. The van der Waals surface area contributed by atoms with Crippen molar-refractivity contribution in [2.75, 3.05) is 6.61 Å². The van der Waals surface area contributed by atoms with Crippen molar-refractivity contribution in [2.24, 2.45) is 0 Å². The van der Waals surface area contributed by atoms with Gasteiger partial charge in [-0.05, 0) is 56.2 Å². The van der Waals surface area contributed by atoms with E-state index in [0.717, 1.165) is 19.3 Å². The fourth-order valence-corrected chi connectivity index (χ4v) is 2.50. The van der Waals surface area contributed by atoms with E-state index in [-0.39, 0.29) is 5.97 Å². The van der Waals surface area contributed by atoms with Gasteiger partial charge in [-0.2, -0.15) is 0 Å². The van der Waals surface area contributed by atoms with Crippen LogP contribution in [0.4, 0.5) is 0 Å². The number of ether oxygens (including phenoxy) is 1. The van der Waals surface area contributed by atoms with E-state index in [0.29, 0.717) is 12.5 Å². The molecule has 1 atom stereocenters. The Balaban J connectivity index is 2.03. The summed E-state index contributed by atoms with van der Waals surface area (Å²) >= 11 is 0. The van der Waals surface area contributed by atoms with Gasteiger partial charge in [0.15, 0.2) is 0 Å². The van der Waals surface area contributed by atoms with E-state index in [1.54, 1.807) is 6.08 Å². The number of allylic oxidation sites excluding steroid dienone is 1. The molecule has 0 aromatic carbocycles. The van der Waals surface area contributed by atoms with Gasteiger partial charge in [0.1, 0.15) is 0 Å². The minimum Gasteiger partial charge on any atom is -0.463 e. The highest BCUT2D eigenvalue weighted by molar-refractivity contribution is 5.82. The second-order valence-electron chi connectivity index (χ2n) is 4.63. The molecule has 1 saturated carbocycles. The van der Waals surface area contributed by atoms with Crippen molar-refractivity contribution < 1.29 is 9.53 Å². The van der Waals surface area contributed by atoms with Crippen LogP contribution in [0.3, 0.4) is 0 Å². The van der Waals surface area contributed by atoms with Crippen LogP contribution in [-0.4, -0.2) is 17.6 Å². The Morgan fingerprint density at radius 3 is 3.00 bits per heavy atom. The summed E-state index contributed by atoms with van der Waals surface area (Å²) in [4.78, 5) is 15.5. The smallest absolute Gasteiger partial charge is 0.330 e. The fraction of sp³-hybridized carbons (Fsp3) is 0.467. The molecule has 0 N–H and O–H groups in total. The Hall–Kier alpha value is -1.64. The van der Waals surface area contributed by atoms with E-state index in [2.05, 4.69) is 17.1 Å². The molecule has 0 radical (unpaired) electrons. The zero-order valence-corrected chi connectivity index (χ0v) is 10.8. The molecular weight excluding hydrogens is 226 g/mol. The number of rotatable bonds is 3. The van der Waals surface area contributed by atoms with Crippen molar-refractivity contribution in [1.29, 1.82) is 0 Å². The third-order valence-electron chi connectivity index (χ3n) is 3.35. The number of pyridine rings is 1. The first kappa shape index (κ1) is 12.8. The maximum Gasteiger partial charge on any atom is 0.330 e. The van der Waals surface area contributed by atoms with Crippen molar-refractivity contribution in [3.8, 4) is 0 Å². The molecule has 1 heterocycles. The van der Waals surface area contributed by atoms with Crippen LogP contribution in [0.5, 0.6) is 0 Å². The lowest BCUT2D eigenvalue weighted by molar-refractivity contribution is -0.137. The maximum atomic E-state index is 11.4.